The van der Waals surface area contributed by atoms with Crippen molar-refractivity contribution in [3.63, 3.8) is 0 Å². The number of rotatable bonds is 5. The van der Waals surface area contributed by atoms with Crippen LogP contribution in [0.25, 0.3) is 5.65 Å². The Morgan fingerprint density at radius 2 is 1.61 bits per heavy atom. The van der Waals surface area contributed by atoms with Gasteiger partial charge >= 0.3 is 0 Å². The molecule has 2 aromatic carbocycles. The first-order valence-corrected chi connectivity index (χ1v) is 10.3. The van der Waals surface area contributed by atoms with Crippen LogP contribution in [0.15, 0.2) is 77.8 Å². The second-order valence-electron chi connectivity index (χ2n) is 6.67. The lowest BCUT2D eigenvalue weighted by Gasteiger charge is -2.25. The summed E-state index contributed by atoms with van der Waals surface area (Å²) in [6, 6.07) is 20.3. The third-order valence-electron chi connectivity index (χ3n) is 4.62. The van der Waals surface area contributed by atoms with Gasteiger partial charge in [0.15, 0.2) is 5.65 Å². The fourth-order valence-electron chi connectivity index (χ4n) is 3.04. The molecule has 0 bridgehead atoms. The monoisotopic (exact) mass is 392 g/mol. The second-order valence-corrected chi connectivity index (χ2v) is 8.54. The molecule has 0 spiro atoms. The minimum absolute atomic E-state index is 0.194. The molecule has 2 heterocycles. The van der Waals surface area contributed by atoms with Crippen LogP contribution in [0.2, 0.25) is 0 Å². The maximum Gasteiger partial charge on any atom is 0.266 e. The van der Waals surface area contributed by atoms with Gasteiger partial charge < -0.3 is 0 Å². The van der Waals surface area contributed by atoms with E-state index < -0.39 is 10.0 Å². The van der Waals surface area contributed by atoms with Gasteiger partial charge in [-0.2, -0.15) is 0 Å². The van der Waals surface area contributed by atoms with Gasteiger partial charge in [-0.1, -0.05) is 48.0 Å². The molecule has 2 aromatic heterocycles. The number of nitrogens with zero attached hydrogens (tertiary/aromatic N) is 4. The molecular weight excluding hydrogens is 372 g/mol. The Kier molecular flexibility index (Phi) is 4.60. The third kappa shape index (κ3) is 3.36. The summed E-state index contributed by atoms with van der Waals surface area (Å²) < 4.78 is 30.3. The standard InChI is InChI=1S/C21H20N4O2S/c1-16-8-10-19(11-9-16)25(14-18-6-4-3-5-7-18)28(26,27)20-12-13-21-23-22-17(2)24(21)15-20/h3-13,15H,14H2,1-2H3. The molecule has 0 fully saturated rings. The first-order chi connectivity index (χ1) is 13.4. The van der Waals surface area contributed by atoms with Gasteiger partial charge in [-0.05, 0) is 43.7 Å². The molecule has 0 saturated heterocycles. The summed E-state index contributed by atoms with van der Waals surface area (Å²) in [5, 5.41) is 8.03. The molecule has 0 radical (unpaired) electrons. The van der Waals surface area contributed by atoms with Crippen molar-refractivity contribution >= 4 is 21.4 Å². The largest absolute Gasteiger partial charge is 0.285 e. The van der Waals surface area contributed by atoms with Crippen molar-refractivity contribution in [3.8, 4) is 0 Å². The molecule has 4 aromatic rings. The van der Waals surface area contributed by atoms with Crippen LogP contribution in [0.5, 0.6) is 0 Å². The van der Waals surface area contributed by atoms with Gasteiger partial charge in [0.25, 0.3) is 10.0 Å². The van der Waals surface area contributed by atoms with E-state index in [1.807, 2.05) is 61.5 Å². The molecule has 28 heavy (non-hydrogen) atoms. The number of hydrogen-bond acceptors (Lipinski definition) is 4. The molecule has 0 aliphatic carbocycles. The van der Waals surface area contributed by atoms with Crippen molar-refractivity contribution < 1.29 is 8.42 Å². The van der Waals surface area contributed by atoms with Crippen molar-refractivity contribution in [2.45, 2.75) is 25.3 Å². The van der Waals surface area contributed by atoms with E-state index in [2.05, 4.69) is 10.2 Å². The van der Waals surface area contributed by atoms with E-state index in [9.17, 15) is 8.42 Å². The van der Waals surface area contributed by atoms with Crippen LogP contribution in [0.3, 0.4) is 0 Å². The fraction of sp³-hybridized carbons (Fsp3) is 0.143. The molecule has 0 saturated carbocycles. The highest BCUT2D eigenvalue weighted by Gasteiger charge is 2.26. The van der Waals surface area contributed by atoms with E-state index in [1.165, 1.54) is 4.31 Å². The summed E-state index contributed by atoms with van der Waals surface area (Å²) in [5.41, 5.74) is 3.21. The predicted molar refractivity (Wildman–Crippen MR) is 109 cm³/mol. The van der Waals surface area contributed by atoms with Crippen LogP contribution in [0, 0.1) is 13.8 Å². The first kappa shape index (κ1) is 18.2. The third-order valence-corrected chi connectivity index (χ3v) is 6.38. The Balaban J connectivity index is 1.83. The molecule has 6 nitrogen and oxygen atoms in total. The van der Waals surface area contributed by atoms with Gasteiger partial charge in [0.2, 0.25) is 0 Å². The Morgan fingerprint density at radius 1 is 0.893 bits per heavy atom. The predicted octanol–water partition coefficient (Wildman–Crippen LogP) is 3.74. The Morgan fingerprint density at radius 3 is 2.32 bits per heavy atom. The fourth-order valence-corrected chi connectivity index (χ4v) is 4.49. The highest BCUT2D eigenvalue weighted by atomic mass is 32.2. The maximum absolute atomic E-state index is 13.6. The summed E-state index contributed by atoms with van der Waals surface area (Å²) in [4.78, 5) is 0.194. The Hall–Kier alpha value is -3.19. The average Bonchev–Trinajstić information content (AvgIpc) is 3.08. The van der Waals surface area contributed by atoms with E-state index in [0.717, 1.165) is 11.1 Å². The highest BCUT2D eigenvalue weighted by Crippen LogP contribution is 2.26. The minimum atomic E-state index is -3.79. The molecule has 4 rings (SSSR count). The van der Waals surface area contributed by atoms with Crippen molar-refractivity contribution in [2.24, 2.45) is 0 Å². The summed E-state index contributed by atoms with van der Waals surface area (Å²) in [7, 11) is -3.79. The number of benzene rings is 2. The van der Waals surface area contributed by atoms with Gasteiger partial charge in [-0.3, -0.25) is 8.71 Å². The van der Waals surface area contributed by atoms with Crippen LogP contribution in [0.1, 0.15) is 17.0 Å². The summed E-state index contributed by atoms with van der Waals surface area (Å²) in [6.07, 6.45) is 1.58. The van der Waals surface area contributed by atoms with Crippen LogP contribution in [0.4, 0.5) is 5.69 Å². The van der Waals surface area contributed by atoms with Crippen LogP contribution in [-0.4, -0.2) is 23.0 Å². The van der Waals surface area contributed by atoms with Crippen molar-refractivity contribution in [1.82, 2.24) is 14.6 Å². The van der Waals surface area contributed by atoms with E-state index in [4.69, 9.17) is 0 Å². The first-order valence-electron chi connectivity index (χ1n) is 8.90. The molecule has 142 valence electrons. The molecule has 0 aliphatic heterocycles. The SMILES string of the molecule is Cc1ccc(N(Cc2ccccc2)S(=O)(=O)c2ccc3nnc(C)n3c2)cc1. The molecule has 0 N–H and O–H groups in total. The molecule has 0 unspecified atom stereocenters. The smallest absolute Gasteiger partial charge is 0.266 e. The van der Waals surface area contributed by atoms with Gasteiger partial charge in [-0.25, -0.2) is 8.42 Å². The lowest BCUT2D eigenvalue weighted by Crippen LogP contribution is -2.30. The normalized spacial score (nSPS) is 11.6. The van der Waals surface area contributed by atoms with Crippen LogP contribution < -0.4 is 4.31 Å². The lowest BCUT2D eigenvalue weighted by atomic mass is 10.2. The van der Waals surface area contributed by atoms with E-state index in [-0.39, 0.29) is 11.4 Å². The quantitative estimate of drug-likeness (QED) is 0.519. The number of hydrogen-bond donors (Lipinski definition) is 0. The zero-order valence-corrected chi connectivity index (χ0v) is 16.5. The summed E-state index contributed by atoms with van der Waals surface area (Å²) >= 11 is 0. The number of fused-ring (bicyclic) bond motifs is 1. The van der Waals surface area contributed by atoms with E-state index >= 15 is 0 Å². The van der Waals surface area contributed by atoms with Crippen molar-refractivity contribution in [3.05, 3.63) is 89.9 Å². The molecule has 0 aliphatic rings. The number of aryl methyl sites for hydroxylation is 2. The second kappa shape index (κ2) is 7.09. The van der Waals surface area contributed by atoms with Crippen LogP contribution >= 0.6 is 0 Å². The number of aromatic nitrogens is 3. The van der Waals surface area contributed by atoms with Gasteiger partial charge in [0.05, 0.1) is 12.2 Å². The maximum atomic E-state index is 13.6. The van der Waals surface area contributed by atoms with Crippen molar-refractivity contribution in [2.75, 3.05) is 4.31 Å². The van der Waals surface area contributed by atoms with Gasteiger partial charge in [0.1, 0.15) is 10.7 Å². The zero-order chi connectivity index (χ0) is 19.7. The lowest BCUT2D eigenvalue weighted by molar-refractivity contribution is 0.590. The van der Waals surface area contributed by atoms with Crippen molar-refractivity contribution in [1.29, 1.82) is 0 Å². The topological polar surface area (TPSA) is 67.6 Å². The van der Waals surface area contributed by atoms with Gasteiger partial charge in [-0.15, -0.1) is 10.2 Å². The zero-order valence-electron chi connectivity index (χ0n) is 15.6. The number of sulfonamides is 1. The molecule has 0 amide bonds. The summed E-state index contributed by atoms with van der Waals surface area (Å²) in [5.74, 6) is 0.636. The molecular formula is C21H20N4O2S. The summed E-state index contributed by atoms with van der Waals surface area (Å²) in [6.45, 7) is 4.01. The Labute approximate surface area is 164 Å². The highest BCUT2D eigenvalue weighted by molar-refractivity contribution is 7.92. The number of pyridine rings is 1. The molecule has 7 heteroatoms. The minimum Gasteiger partial charge on any atom is -0.285 e. The van der Waals surface area contributed by atoms with E-state index in [0.29, 0.717) is 17.2 Å². The Bertz CT molecular complexity index is 1220. The molecule has 0 atom stereocenters. The average molecular weight is 392 g/mol. The number of anilines is 1. The van der Waals surface area contributed by atoms with Crippen LogP contribution in [-0.2, 0) is 16.6 Å². The van der Waals surface area contributed by atoms with E-state index in [1.54, 1.807) is 29.7 Å². The van der Waals surface area contributed by atoms with Gasteiger partial charge in [0, 0.05) is 6.20 Å².